The molecule has 0 aliphatic heterocycles. The Kier molecular flexibility index (Phi) is 6.44. The molecule has 0 aliphatic rings. The number of carbonyl (C=O) groups is 2. The second-order valence-electron chi connectivity index (χ2n) is 7.75. The minimum absolute atomic E-state index is 0.188. The fraction of sp³-hybridized carbons (Fsp3) is 0.200. The van der Waals surface area contributed by atoms with Gasteiger partial charge in [0.2, 0.25) is 0 Å². The van der Waals surface area contributed by atoms with Gasteiger partial charge in [0.1, 0.15) is 18.1 Å². The lowest BCUT2D eigenvalue weighted by Crippen LogP contribution is -2.30. The summed E-state index contributed by atoms with van der Waals surface area (Å²) >= 11 is 0. The molecule has 0 bridgehead atoms. The number of benzene rings is 2. The molecule has 9 nitrogen and oxygen atoms in total. The van der Waals surface area contributed by atoms with Crippen molar-refractivity contribution in [1.29, 1.82) is 0 Å². The number of ether oxygens (including phenoxy) is 2. The number of para-hydroxylation sites is 1. The number of hydrogen-bond acceptors (Lipinski definition) is 7. The molecule has 0 saturated carbocycles. The molecular weight excluding hydrogens is 438 g/mol. The lowest BCUT2D eigenvalue weighted by atomic mass is 10.1. The number of fused-ring (bicyclic) bond motifs is 1. The molecule has 1 N–H and O–H groups in total. The zero-order valence-corrected chi connectivity index (χ0v) is 18.9. The van der Waals surface area contributed by atoms with Gasteiger partial charge in [-0.2, -0.15) is 0 Å². The van der Waals surface area contributed by atoms with Gasteiger partial charge in [-0.25, -0.2) is 9.78 Å². The largest absolute Gasteiger partial charge is 0.481 e. The molecule has 0 saturated heterocycles. The third kappa shape index (κ3) is 5.15. The van der Waals surface area contributed by atoms with E-state index in [0.717, 1.165) is 10.1 Å². The van der Waals surface area contributed by atoms with E-state index in [0.29, 0.717) is 28.5 Å². The lowest BCUT2D eigenvalue weighted by Gasteiger charge is -2.16. The van der Waals surface area contributed by atoms with Crippen molar-refractivity contribution in [2.75, 3.05) is 5.32 Å². The Morgan fingerprint density at radius 1 is 1.09 bits per heavy atom. The quantitative estimate of drug-likeness (QED) is 0.418. The van der Waals surface area contributed by atoms with E-state index in [4.69, 9.17) is 14.0 Å². The minimum Gasteiger partial charge on any atom is -0.481 e. The van der Waals surface area contributed by atoms with Gasteiger partial charge >= 0.3 is 5.97 Å². The van der Waals surface area contributed by atoms with E-state index in [1.807, 2.05) is 25.1 Å². The Labute approximate surface area is 194 Å². The zero-order chi connectivity index (χ0) is 24.2. The number of aryl methyl sites for hydroxylation is 2. The summed E-state index contributed by atoms with van der Waals surface area (Å²) in [5.41, 5.74) is 1.71. The second kappa shape index (κ2) is 9.62. The standard InChI is InChI=1S/C25H23N3O6/c1-15-9-10-18(12-21(15)27-24(30)17(3)33-20-7-5-4-6-8-20)25(31)32-14-19-13-23(29)28-22(26-19)11-16(2)34-28/h4-13,17H,14H2,1-3H3,(H,27,30). The third-order valence-electron chi connectivity index (χ3n) is 5.03. The predicted octanol–water partition coefficient (Wildman–Crippen LogP) is 3.67. The van der Waals surface area contributed by atoms with Crippen LogP contribution in [0.5, 0.6) is 5.75 Å². The van der Waals surface area contributed by atoms with Crippen LogP contribution < -0.4 is 15.6 Å². The van der Waals surface area contributed by atoms with E-state index >= 15 is 0 Å². The van der Waals surface area contributed by atoms with Gasteiger partial charge in [0.25, 0.3) is 11.5 Å². The van der Waals surface area contributed by atoms with Crippen LogP contribution in [0, 0.1) is 13.8 Å². The predicted molar refractivity (Wildman–Crippen MR) is 124 cm³/mol. The van der Waals surface area contributed by atoms with Gasteiger partial charge in [-0.05, 0) is 50.6 Å². The number of nitrogens with one attached hydrogen (secondary N) is 1. The first-order valence-corrected chi connectivity index (χ1v) is 10.6. The highest BCUT2D eigenvalue weighted by atomic mass is 16.5. The monoisotopic (exact) mass is 461 g/mol. The van der Waals surface area contributed by atoms with Gasteiger partial charge in [0, 0.05) is 17.8 Å². The molecule has 9 heteroatoms. The fourth-order valence-corrected chi connectivity index (χ4v) is 3.25. The summed E-state index contributed by atoms with van der Waals surface area (Å²) in [5.74, 6) is 0.146. The van der Waals surface area contributed by atoms with Crippen LogP contribution in [0.2, 0.25) is 0 Å². The van der Waals surface area contributed by atoms with Crippen molar-refractivity contribution in [2.45, 2.75) is 33.5 Å². The molecule has 0 fully saturated rings. The zero-order valence-electron chi connectivity index (χ0n) is 18.9. The molecule has 2 aromatic carbocycles. The maximum absolute atomic E-state index is 12.6. The number of anilines is 1. The van der Waals surface area contributed by atoms with Crippen molar-refractivity contribution in [2.24, 2.45) is 0 Å². The van der Waals surface area contributed by atoms with Gasteiger partial charge in [0.15, 0.2) is 11.8 Å². The highest BCUT2D eigenvalue weighted by molar-refractivity contribution is 5.97. The smallest absolute Gasteiger partial charge is 0.338 e. The first-order chi connectivity index (χ1) is 16.3. The normalized spacial score (nSPS) is 11.7. The van der Waals surface area contributed by atoms with Gasteiger partial charge in [-0.3, -0.25) is 9.59 Å². The highest BCUT2D eigenvalue weighted by Gasteiger charge is 2.18. The Bertz CT molecular complexity index is 1410. The number of hydrogen-bond donors (Lipinski definition) is 1. The van der Waals surface area contributed by atoms with E-state index in [1.54, 1.807) is 44.2 Å². The minimum atomic E-state index is -0.746. The van der Waals surface area contributed by atoms with Crippen LogP contribution in [0.25, 0.3) is 5.65 Å². The molecule has 34 heavy (non-hydrogen) atoms. The van der Waals surface area contributed by atoms with Gasteiger partial charge in [-0.15, -0.1) is 4.57 Å². The third-order valence-corrected chi connectivity index (χ3v) is 5.03. The topological polar surface area (TPSA) is 112 Å². The SMILES string of the molecule is Cc1cc2nc(COC(=O)c3ccc(C)c(NC(=O)C(C)Oc4ccccc4)c3)cc(=O)n2o1. The van der Waals surface area contributed by atoms with Crippen LogP contribution in [0.1, 0.15) is 34.3 Å². The van der Waals surface area contributed by atoms with Crippen LogP contribution in [0.3, 0.4) is 0 Å². The van der Waals surface area contributed by atoms with Crippen LogP contribution in [-0.4, -0.2) is 27.5 Å². The van der Waals surface area contributed by atoms with Crippen molar-refractivity contribution in [3.63, 3.8) is 0 Å². The molecular formula is C25H23N3O6. The van der Waals surface area contributed by atoms with Gasteiger partial charge in [0.05, 0.1) is 11.3 Å². The first-order valence-electron chi connectivity index (χ1n) is 10.6. The average molecular weight is 461 g/mol. The summed E-state index contributed by atoms with van der Waals surface area (Å²) < 4.78 is 17.3. The Balaban J connectivity index is 1.42. The maximum Gasteiger partial charge on any atom is 0.338 e. The lowest BCUT2D eigenvalue weighted by molar-refractivity contribution is -0.122. The number of carbonyl (C=O) groups excluding carboxylic acids is 2. The van der Waals surface area contributed by atoms with Crippen molar-refractivity contribution in [1.82, 2.24) is 9.56 Å². The molecule has 2 heterocycles. The van der Waals surface area contributed by atoms with Crippen molar-refractivity contribution < 1.29 is 23.6 Å². The summed E-state index contributed by atoms with van der Waals surface area (Å²) in [6.07, 6.45) is -0.746. The molecule has 0 aliphatic carbocycles. The molecule has 174 valence electrons. The maximum atomic E-state index is 12.6. The number of nitrogens with zero attached hydrogens (tertiary/aromatic N) is 2. The molecule has 4 aromatic rings. The number of aromatic nitrogens is 2. The summed E-state index contributed by atoms with van der Waals surface area (Å²) in [6.45, 7) is 4.97. The number of esters is 1. The van der Waals surface area contributed by atoms with E-state index in [-0.39, 0.29) is 18.1 Å². The van der Waals surface area contributed by atoms with Gasteiger partial charge < -0.3 is 19.3 Å². The Morgan fingerprint density at radius 2 is 1.85 bits per heavy atom. The van der Waals surface area contributed by atoms with E-state index < -0.39 is 17.6 Å². The van der Waals surface area contributed by atoms with E-state index in [1.165, 1.54) is 12.1 Å². The van der Waals surface area contributed by atoms with E-state index in [9.17, 15) is 14.4 Å². The molecule has 0 radical (unpaired) electrons. The van der Waals surface area contributed by atoms with Crippen molar-refractivity contribution in [3.05, 3.63) is 93.6 Å². The molecule has 1 amide bonds. The van der Waals surface area contributed by atoms with Gasteiger partial charge in [-0.1, -0.05) is 24.3 Å². The first kappa shape index (κ1) is 22.8. The molecule has 2 aromatic heterocycles. The molecule has 1 unspecified atom stereocenters. The highest BCUT2D eigenvalue weighted by Crippen LogP contribution is 2.19. The van der Waals surface area contributed by atoms with Crippen LogP contribution in [-0.2, 0) is 16.1 Å². The average Bonchev–Trinajstić information content (AvgIpc) is 3.20. The Hall–Kier alpha value is -4.40. The summed E-state index contributed by atoms with van der Waals surface area (Å²) in [7, 11) is 0. The molecule has 0 spiro atoms. The fourth-order valence-electron chi connectivity index (χ4n) is 3.25. The summed E-state index contributed by atoms with van der Waals surface area (Å²) in [5, 5.41) is 2.79. The summed E-state index contributed by atoms with van der Waals surface area (Å²) in [4.78, 5) is 41.6. The molecule has 1 atom stereocenters. The van der Waals surface area contributed by atoms with Crippen LogP contribution >= 0.6 is 0 Å². The Morgan fingerprint density at radius 3 is 2.62 bits per heavy atom. The van der Waals surface area contributed by atoms with Crippen molar-refractivity contribution >= 4 is 23.2 Å². The van der Waals surface area contributed by atoms with E-state index in [2.05, 4.69) is 10.3 Å². The molecule has 4 rings (SSSR count). The van der Waals surface area contributed by atoms with Crippen molar-refractivity contribution in [3.8, 4) is 5.75 Å². The summed E-state index contributed by atoms with van der Waals surface area (Å²) in [6, 6.07) is 16.7. The van der Waals surface area contributed by atoms with Crippen LogP contribution in [0.15, 0.2) is 70.0 Å². The second-order valence-corrected chi connectivity index (χ2v) is 7.75. The van der Waals surface area contributed by atoms with Crippen LogP contribution in [0.4, 0.5) is 5.69 Å². The number of rotatable bonds is 7. The number of amides is 1.